The Labute approximate surface area is 96.4 Å². The van der Waals surface area contributed by atoms with Crippen molar-refractivity contribution in [3.05, 3.63) is 0 Å². The number of carbonyl (C=O) groups excluding carboxylic acids is 1. The van der Waals surface area contributed by atoms with Gasteiger partial charge in [0.25, 0.3) is 0 Å². The Bertz CT molecular complexity index is 280. The van der Waals surface area contributed by atoms with Gasteiger partial charge < -0.3 is 10.4 Å². The van der Waals surface area contributed by atoms with Crippen LogP contribution in [0.15, 0.2) is 0 Å². The minimum Gasteiger partial charge on any atom is -0.481 e. The molecule has 0 bridgehead atoms. The monoisotopic (exact) mass is 227 g/mol. The second-order valence-corrected chi connectivity index (χ2v) is 5.70. The molecule has 0 radical (unpaired) electrons. The molecule has 92 valence electrons. The fourth-order valence-electron chi connectivity index (χ4n) is 2.04. The van der Waals surface area contributed by atoms with Gasteiger partial charge in [-0.25, -0.2) is 0 Å². The van der Waals surface area contributed by atoms with Crippen molar-refractivity contribution in [1.82, 2.24) is 5.32 Å². The predicted molar refractivity (Wildman–Crippen MR) is 61.0 cm³/mol. The van der Waals surface area contributed by atoms with Crippen LogP contribution < -0.4 is 5.32 Å². The van der Waals surface area contributed by atoms with Gasteiger partial charge in [-0.05, 0) is 25.2 Å². The minimum atomic E-state index is -0.743. The van der Waals surface area contributed by atoms with Crippen LogP contribution in [0, 0.1) is 11.3 Å². The molecule has 4 nitrogen and oxygen atoms in total. The van der Waals surface area contributed by atoms with Gasteiger partial charge in [0, 0.05) is 17.9 Å². The summed E-state index contributed by atoms with van der Waals surface area (Å²) in [6.45, 7) is 5.64. The summed E-state index contributed by atoms with van der Waals surface area (Å²) in [5.74, 6) is -0.468. The first-order valence-electron chi connectivity index (χ1n) is 5.82. The number of carboxylic acid groups (broad SMARTS) is 1. The van der Waals surface area contributed by atoms with Gasteiger partial charge in [-0.2, -0.15) is 0 Å². The van der Waals surface area contributed by atoms with Crippen LogP contribution in [0.3, 0.4) is 0 Å². The third-order valence-corrected chi connectivity index (χ3v) is 3.02. The average Bonchev–Trinajstić information content (AvgIpc) is 2.49. The van der Waals surface area contributed by atoms with Crippen molar-refractivity contribution in [3.8, 4) is 0 Å². The molecule has 1 aliphatic carbocycles. The molecule has 0 aliphatic heterocycles. The molecule has 0 saturated heterocycles. The highest BCUT2D eigenvalue weighted by atomic mass is 16.4. The molecule has 1 rings (SSSR count). The number of carbonyl (C=O) groups is 2. The molecule has 1 saturated carbocycles. The van der Waals surface area contributed by atoms with Crippen molar-refractivity contribution in [2.45, 2.75) is 52.5 Å². The van der Waals surface area contributed by atoms with Crippen molar-refractivity contribution < 1.29 is 14.7 Å². The van der Waals surface area contributed by atoms with E-state index >= 15 is 0 Å². The van der Waals surface area contributed by atoms with Gasteiger partial charge in [-0.3, -0.25) is 9.59 Å². The Morgan fingerprint density at radius 1 is 1.31 bits per heavy atom. The summed E-state index contributed by atoms with van der Waals surface area (Å²) < 4.78 is 0. The van der Waals surface area contributed by atoms with Crippen molar-refractivity contribution in [2.24, 2.45) is 11.3 Å². The molecule has 0 heterocycles. The van der Waals surface area contributed by atoms with Crippen molar-refractivity contribution in [1.29, 1.82) is 0 Å². The summed E-state index contributed by atoms with van der Waals surface area (Å²) in [7, 11) is 0. The molecule has 1 aliphatic rings. The average molecular weight is 227 g/mol. The van der Waals surface area contributed by atoms with Crippen molar-refractivity contribution in [2.75, 3.05) is 0 Å². The molecule has 1 fully saturated rings. The van der Waals surface area contributed by atoms with E-state index in [1.165, 1.54) is 0 Å². The summed E-state index contributed by atoms with van der Waals surface area (Å²) in [6.07, 6.45) is 2.83. The zero-order chi connectivity index (χ0) is 12.3. The van der Waals surface area contributed by atoms with E-state index in [1.54, 1.807) is 0 Å². The molecule has 2 atom stereocenters. The molecule has 2 N–H and O–H groups in total. The van der Waals surface area contributed by atoms with Crippen LogP contribution in [0.25, 0.3) is 0 Å². The molecule has 0 aromatic rings. The lowest BCUT2D eigenvalue weighted by Crippen LogP contribution is -2.40. The lowest BCUT2D eigenvalue weighted by molar-refractivity contribution is -0.138. The summed E-state index contributed by atoms with van der Waals surface area (Å²) in [5.41, 5.74) is -0.370. The molecule has 2 unspecified atom stereocenters. The van der Waals surface area contributed by atoms with Gasteiger partial charge in [-0.1, -0.05) is 20.8 Å². The first kappa shape index (κ1) is 13.0. The van der Waals surface area contributed by atoms with E-state index in [2.05, 4.69) is 5.32 Å². The van der Waals surface area contributed by atoms with Gasteiger partial charge in [0.2, 0.25) is 5.91 Å². The van der Waals surface area contributed by atoms with Crippen LogP contribution in [0.5, 0.6) is 0 Å². The van der Waals surface area contributed by atoms with Gasteiger partial charge in [0.15, 0.2) is 0 Å². The van der Waals surface area contributed by atoms with E-state index < -0.39 is 5.97 Å². The van der Waals surface area contributed by atoms with E-state index in [4.69, 9.17) is 5.11 Å². The number of aliphatic carboxylic acids is 1. The Kier molecular flexibility index (Phi) is 3.94. The Morgan fingerprint density at radius 3 is 2.44 bits per heavy atom. The number of nitrogens with one attached hydrogen (secondary N) is 1. The minimum absolute atomic E-state index is 0.0495. The first-order chi connectivity index (χ1) is 7.29. The fraction of sp³-hybridized carbons (Fsp3) is 0.833. The molecular weight excluding hydrogens is 206 g/mol. The van der Waals surface area contributed by atoms with Crippen LogP contribution >= 0.6 is 0 Å². The number of hydrogen-bond acceptors (Lipinski definition) is 2. The van der Waals surface area contributed by atoms with Crippen LogP contribution in [-0.4, -0.2) is 23.0 Å². The number of hydrogen-bond donors (Lipinski definition) is 2. The Balaban J connectivity index is 2.37. The van der Waals surface area contributed by atoms with E-state index in [0.29, 0.717) is 0 Å². The normalized spacial score (nSPS) is 25.4. The number of amides is 1. The molecule has 0 aromatic carbocycles. The largest absolute Gasteiger partial charge is 0.481 e. The number of carboxylic acids is 1. The Hall–Kier alpha value is -1.06. The zero-order valence-corrected chi connectivity index (χ0v) is 10.2. The molecule has 16 heavy (non-hydrogen) atoms. The Morgan fingerprint density at radius 2 is 1.94 bits per heavy atom. The molecule has 0 aromatic heterocycles. The highest BCUT2D eigenvalue weighted by molar-refractivity contribution is 5.81. The summed E-state index contributed by atoms with van der Waals surface area (Å²) >= 11 is 0. The second kappa shape index (κ2) is 4.85. The SMILES string of the molecule is CC(C)(C)C(=O)NC1CCC(CC(=O)O)C1. The highest BCUT2D eigenvalue weighted by Gasteiger charge is 2.30. The van der Waals surface area contributed by atoms with Crippen LogP contribution in [0.2, 0.25) is 0 Å². The van der Waals surface area contributed by atoms with Crippen LogP contribution in [0.1, 0.15) is 46.5 Å². The molecule has 4 heteroatoms. The molecule has 0 spiro atoms. The zero-order valence-electron chi connectivity index (χ0n) is 10.2. The van der Waals surface area contributed by atoms with Gasteiger partial charge in [0.05, 0.1) is 0 Å². The maximum absolute atomic E-state index is 11.7. The summed E-state index contributed by atoms with van der Waals surface area (Å²) in [6, 6.07) is 0.163. The van der Waals surface area contributed by atoms with Gasteiger partial charge in [-0.15, -0.1) is 0 Å². The molecular formula is C12H21NO3. The smallest absolute Gasteiger partial charge is 0.303 e. The number of rotatable bonds is 3. The maximum atomic E-state index is 11.7. The van der Waals surface area contributed by atoms with Crippen LogP contribution in [0.4, 0.5) is 0 Å². The summed E-state index contributed by atoms with van der Waals surface area (Å²) in [4.78, 5) is 22.3. The quantitative estimate of drug-likeness (QED) is 0.772. The van der Waals surface area contributed by atoms with Gasteiger partial charge in [0.1, 0.15) is 0 Å². The second-order valence-electron chi connectivity index (χ2n) is 5.70. The van der Waals surface area contributed by atoms with Crippen LogP contribution in [-0.2, 0) is 9.59 Å². The first-order valence-corrected chi connectivity index (χ1v) is 5.82. The van der Waals surface area contributed by atoms with E-state index in [1.807, 2.05) is 20.8 Å². The lowest BCUT2D eigenvalue weighted by Gasteiger charge is -2.21. The van der Waals surface area contributed by atoms with E-state index in [0.717, 1.165) is 19.3 Å². The van der Waals surface area contributed by atoms with Gasteiger partial charge >= 0.3 is 5.97 Å². The summed E-state index contributed by atoms with van der Waals surface area (Å²) in [5, 5.41) is 11.7. The predicted octanol–water partition coefficient (Wildman–Crippen LogP) is 1.79. The fourth-order valence-corrected chi connectivity index (χ4v) is 2.04. The van der Waals surface area contributed by atoms with E-state index in [-0.39, 0.29) is 29.7 Å². The van der Waals surface area contributed by atoms with E-state index in [9.17, 15) is 9.59 Å². The van der Waals surface area contributed by atoms with Crippen molar-refractivity contribution >= 4 is 11.9 Å². The maximum Gasteiger partial charge on any atom is 0.303 e. The van der Waals surface area contributed by atoms with Crippen molar-refractivity contribution in [3.63, 3.8) is 0 Å². The standard InChI is InChI=1S/C12H21NO3/c1-12(2,3)11(16)13-9-5-4-8(6-9)7-10(14)15/h8-9H,4-7H2,1-3H3,(H,13,16)(H,14,15). The molecule has 1 amide bonds. The highest BCUT2D eigenvalue weighted by Crippen LogP contribution is 2.29. The third-order valence-electron chi connectivity index (χ3n) is 3.02. The lowest BCUT2D eigenvalue weighted by atomic mass is 9.95. The third kappa shape index (κ3) is 3.83. The topological polar surface area (TPSA) is 66.4 Å².